The third-order valence-corrected chi connectivity index (χ3v) is 3.60. The number of nitrogens with two attached hydrogens (primary N) is 1. The third kappa shape index (κ3) is 3.24. The van der Waals surface area contributed by atoms with Gasteiger partial charge in [-0.1, -0.05) is 42.5 Å². The molecule has 0 amide bonds. The van der Waals surface area contributed by atoms with Crippen molar-refractivity contribution >= 4 is 21.7 Å². The van der Waals surface area contributed by atoms with Crippen LogP contribution in [0.5, 0.6) is 5.75 Å². The zero-order valence-corrected chi connectivity index (χ0v) is 11.9. The Balaban J connectivity index is 1.89. The minimum atomic E-state index is -4.01. The topological polar surface area (TPSA) is 81.4 Å². The van der Waals surface area contributed by atoms with E-state index in [2.05, 4.69) is 11.4 Å². The minimum Gasteiger partial charge on any atom is -0.371 e. The molecule has 0 unspecified atom stereocenters. The second kappa shape index (κ2) is 5.23. The number of nitrogens with one attached hydrogen (secondary N) is 1. The SMILES string of the molecule is NS(=O)(=O)Oc1ccc2c(c1)NC(c1ccccc1)=CC2. The van der Waals surface area contributed by atoms with Gasteiger partial charge in [0.1, 0.15) is 5.75 Å². The quantitative estimate of drug-likeness (QED) is 0.911. The van der Waals surface area contributed by atoms with E-state index < -0.39 is 10.3 Å². The highest BCUT2D eigenvalue weighted by Crippen LogP contribution is 2.31. The zero-order valence-electron chi connectivity index (χ0n) is 11.1. The molecule has 0 fully saturated rings. The second-order valence-electron chi connectivity index (χ2n) is 4.71. The molecule has 0 bridgehead atoms. The summed E-state index contributed by atoms with van der Waals surface area (Å²) in [6, 6.07) is 15.0. The molecule has 2 aromatic rings. The van der Waals surface area contributed by atoms with Crippen molar-refractivity contribution in [2.24, 2.45) is 5.14 Å². The number of allylic oxidation sites excluding steroid dienone is 1. The van der Waals surface area contributed by atoms with Gasteiger partial charge >= 0.3 is 10.3 Å². The van der Waals surface area contributed by atoms with E-state index in [1.165, 1.54) is 0 Å². The lowest BCUT2D eigenvalue weighted by molar-refractivity contribution is 0.488. The van der Waals surface area contributed by atoms with Crippen molar-refractivity contribution in [1.29, 1.82) is 0 Å². The first-order valence-corrected chi connectivity index (χ1v) is 7.86. The molecule has 108 valence electrons. The molecule has 1 heterocycles. The van der Waals surface area contributed by atoms with E-state index in [9.17, 15) is 8.42 Å². The average Bonchev–Trinajstić information content (AvgIpc) is 2.46. The van der Waals surface area contributed by atoms with Gasteiger partial charge in [0.2, 0.25) is 0 Å². The Labute approximate surface area is 123 Å². The number of hydrogen-bond donors (Lipinski definition) is 2. The van der Waals surface area contributed by atoms with Crippen LogP contribution >= 0.6 is 0 Å². The van der Waals surface area contributed by atoms with Crippen LogP contribution < -0.4 is 14.6 Å². The maximum Gasteiger partial charge on any atom is 0.380 e. The normalized spacial score (nSPS) is 13.9. The first-order chi connectivity index (χ1) is 10.0. The Kier molecular flexibility index (Phi) is 3.40. The van der Waals surface area contributed by atoms with Crippen molar-refractivity contribution in [2.45, 2.75) is 6.42 Å². The molecule has 1 aliphatic heterocycles. The lowest BCUT2D eigenvalue weighted by Crippen LogP contribution is -2.19. The Hall–Kier alpha value is -2.31. The van der Waals surface area contributed by atoms with E-state index in [4.69, 9.17) is 9.32 Å². The number of fused-ring (bicyclic) bond motifs is 1. The molecule has 0 aromatic heterocycles. The van der Waals surface area contributed by atoms with E-state index in [-0.39, 0.29) is 5.75 Å². The molecular formula is C15H14N2O3S. The number of anilines is 1. The van der Waals surface area contributed by atoms with Gasteiger partial charge in [-0.2, -0.15) is 13.6 Å². The fourth-order valence-corrected chi connectivity index (χ4v) is 2.62. The Bertz CT molecular complexity index is 799. The molecule has 3 N–H and O–H groups in total. The monoisotopic (exact) mass is 302 g/mol. The van der Waals surface area contributed by atoms with Crippen molar-refractivity contribution in [1.82, 2.24) is 0 Å². The molecule has 6 heteroatoms. The molecule has 0 saturated heterocycles. The first kappa shape index (κ1) is 13.7. The second-order valence-corrected chi connectivity index (χ2v) is 5.86. The van der Waals surface area contributed by atoms with Crippen LogP contribution in [0.3, 0.4) is 0 Å². The highest BCUT2D eigenvalue weighted by molar-refractivity contribution is 7.84. The molecule has 2 aromatic carbocycles. The van der Waals surface area contributed by atoms with Crippen LogP contribution in [-0.2, 0) is 16.7 Å². The summed E-state index contributed by atoms with van der Waals surface area (Å²) in [5.41, 5.74) is 3.94. The van der Waals surface area contributed by atoms with Gasteiger partial charge in [0.05, 0.1) is 0 Å². The van der Waals surface area contributed by atoms with E-state index in [0.717, 1.165) is 28.9 Å². The standard InChI is InChI=1S/C15H14N2O3S/c16-21(18,19)20-13-8-6-12-7-9-14(17-15(12)10-13)11-4-2-1-3-5-11/h1-6,8-10,17H,7H2,(H2,16,18,19). The smallest absolute Gasteiger partial charge is 0.371 e. The summed E-state index contributed by atoms with van der Waals surface area (Å²) in [7, 11) is -4.01. The Morgan fingerprint density at radius 3 is 2.57 bits per heavy atom. The largest absolute Gasteiger partial charge is 0.380 e. The van der Waals surface area contributed by atoms with Gasteiger partial charge in [0.15, 0.2) is 0 Å². The molecule has 0 aliphatic carbocycles. The van der Waals surface area contributed by atoms with Gasteiger partial charge < -0.3 is 9.50 Å². The fraction of sp³-hybridized carbons (Fsp3) is 0.0667. The predicted octanol–water partition coefficient (Wildman–Crippen LogP) is 2.28. The van der Waals surface area contributed by atoms with Crippen LogP contribution in [0, 0.1) is 0 Å². The number of rotatable bonds is 3. The summed E-state index contributed by atoms with van der Waals surface area (Å²) >= 11 is 0. The molecule has 0 spiro atoms. The summed E-state index contributed by atoms with van der Waals surface area (Å²) in [4.78, 5) is 0. The van der Waals surface area contributed by atoms with E-state index in [1.54, 1.807) is 12.1 Å². The Morgan fingerprint density at radius 1 is 1.10 bits per heavy atom. The molecule has 0 atom stereocenters. The van der Waals surface area contributed by atoms with Crippen LogP contribution in [0.15, 0.2) is 54.6 Å². The van der Waals surface area contributed by atoms with E-state index in [0.29, 0.717) is 0 Å². The van der Waals surface area contributed by atoms with Crippen molar-refractivity contribution in [3.05, 3.63) is 65.7 Å². The Morgan fingerprint density at radius 2 is 1.86 bits per heavy atom. The third-order valence-electron chi connectivity index (χ3n) is 3.17. The predicted molar refractivity (Wildman–Crippen MR) is 81.9 cm³/mol. The van der Waals surface area contributed by atoms with Gasteiger partial charge in [0, 0.05) is 17.5 Å². The molecule has 0 saturated carbocycles. The van der Waals surface area contributed by atoms with Gasteiger partial charge in [-0.3, -0.25) is 0 Å². The molecule has 21 heavy (non-hydrogen) atoms. The lowest BCUT2D eigenvalue weighted by atomic mass is 10.0. The van der Waals surface area contributed by atoms with Crippen molar-refractivity contribution in [2.75, 3.05) is 5.32 Å². The van der Waals surface area contributed by atoms with Crippen LogP contribution in [0.25, 0.3) is 5.70 Å². The average molecular weight is 302 g/mol. The van der Waals surface area contributed by atoms with E-state index >= 15 is 0 Å². The maximum atomic E-state index is 11.0. The summed E-state index contributed by atoms with van der Waals surface area (Å²) in [6.45, 7) is 0. The zero-order chi connectivity index (χ0) is 14.9. The summed E-state index contributed by atoms with van der Waals surface area (Å²) in [5.74, 6) is 0.193. The minimum absolute atomic E-state index is 0.193. The van der Waals surface area contributed by atoms with Crippen LogP contribution in [-0.4, -0.2) is 8.42 Å². The van der Waals surface area contributed by atoms with Crippen molar-refractivity contribution < 1.29 is 12.6 Å². The van der Waals surface area contributed by atoms with Crippen molar-refractivity contribution in [3.8, 4) is 5.75 Å². The molecule has 1 aliphatic rings. The van der Waals surface area contributed by atoms with Gasteiger partial charge in [0.25, 0.3) is 0 Å². The molecule has 0 radical (unpaired) electrons. The molecular weight excluding hydrogens is 288 g/mol. The maximum absolute atomic E-state index is 11.0. The van der Waals surface area contributed by atoms with Gasteiger partial charge in [-0.15, -0.1) is 0 Å². The summed E-state index contributed by atoms with van der Waals surface area (Å²) < 4.78 is 26.7. The fourth-order valence-electron chi connectivity index (χ4n) is 2.25. The van der Waals surface area contributed by atoms with Gasteiger partial charge in [-0.25, -0.2) is 0 Å². The summed E-state index contributed by atoms with van der Waals surface area (Å²) in [6.07, 6.45) is 2.86. The van der Waals surface area contributed by atoms with Crippen LogP contribution in [0.2, 0.25) is 0 Å². The molecule has 3 rings (SSSR count). The highest BCUT2D eigenvalue weighted by Gasteiger charge is 2.14. The lowest BCUT2D eigenvalue weighted by Gasteiger charge is -2.20. The van der Waals surface area contributed by atoms with E-state index in [1.807, 2.05) is 36.4 Å². The highest BCUT2D eigenvalue weighted by atomic mass is 32.2. The molecule has 5 nitrogen and oxygen atoms in total. The van der Waals surface area contributed by atoms with Crippen molar-refractivity contribution in [3.63, 3.8) is 0 Å². The summed E-state index contributed by atoms with van der Waals surface area (Å²) in [5, 5.41) is 8.17. The first-order valence-electron chi connectivity index (χ1n) is 6.39. The number of hydrogen-bond acceptors (Lipinski definition) is 4. The van der Waals surface area contributed by atoms with Gasteiger partial charge in [-0.05, 0) is 23.6 Å². The number of benzene rings is 2. The van der Waals surface area contributed by atoms with Crippen LogP contribution in [0.4, 0.5) is 5.69 Å². The van der Waals surface area contributed by atoms with Crippen LogP contribution in [0.1, 0.15) is 11.1 Å².